The van der Waals surface area contributed by atoms with E-state index in [9.17, 15) is 14.7 Å². The minimum Gasteiger partial charge on any atom is -0.496 e. The molecule has 0 aliphatic carbocycles. The third-order valence-corrected chi connectivity index (χ3v) is 8.26. The zero-order valence-corrected chi connectivity index (χ0v) is 27.0. The van der Waals surface area contributed by atoms with E-state index >= 15 is 0 Å². The number of hydrogen-bond donors (Lipinski definition) is 2. The van der Waals surface area contributed by atoms with Crippen molar-refractivity contribution in [1.29, 1.82) is 0 Å². The van der Waals surface area contributed by atoms with Gasteiger partial charge in [0.05, 0.1) is 51.9 Å². The SMILES string of the molecule is COc1ccccc1COCCCOc1ccc(C2CCN(C(=O)O)CC2OCc2ccc(Br)c(NC(=O)C(C)C)c2)cc1. The summed E-state index contributed by atoms with van der Waals surface area (Å²) in [6, 6.07) is 21.5. The summed E-state index contributed by atoms with van der Waals surface area (Å²) in [5.41, 5.74) is 3.65. The zero-order valence-electron chi connectivity index (χ0n) is 25.5. The first kappa shape index (κ1) is 33.3. The number of piperidine rings is 1. The molecule has 1 aliphatic rings. The molecule has 1 saturated heterocycles. The molecule has 1 heterocycles. The van der Waals surface area contributed by atoms with E-state index < -0.39 is 6.09 Å². The number of para-hydroxylation sites is 1. The summed E-state index contributed by atoms with van der Waals surface area (Å²) in [5.74, 6) is 1.40. The number of nitrogens with zero attached hydrogens (tertiary/aromatic N) is 1. The molecule has 2 unspecified atom stereocenters. The lowest BCUT2D eigenvalue weighted by atomic mass is 9.87. The molecule has 236 valence electrons. The van der Waals surface area contributed by atoms with Gasteiger partial charge in [0.1, 0.15) is 11.5 Å². The molecule has 1 fully saturated rings. The highest BCUT2D eigenvalue weighted by atomic mass is 79.9. The Morgan fingerprint density at radius 1 is 1.05 bits per heavy atom. The Kier molecular flexibility index (Phi) is 12.5. The molecular weight excluding hydrogens is 628 g/mol. The summed E-state index contributed by atoms with van der Waals surface area (Å²) < 4.78 is 24.2. The molecule has 0 spiro atoms. The number of carbonyl (C=O) groups excluding carboxylic acids is 1. The number of nitrogens with one attached hydrogen (secondary N) is 1. The fraction of sp³-hybridized carbons (Fsp3) is 0.412. The van der Waals surface area contributed by atoms with Gasteiger partial charge in [-0.3, -0.25) is 4.79 Å². The number of carbonyl (C=O) groups is 2. The predicted molar refractivity (Wildman–Crippen MR) is 172 cm³/mol. The monoisotopic (exact) mass is 668 g/mol. The quantitative estimate of drug-likeness (QED) is 0.177. The van der Waals surface area contributed by atoms with Crippen LogP contribution in [-0.4, -0.2) is 61.5 Å². The van der Waals surface area contributed by atoms with E-state index in [0.29, 0.717) is 38.5 Å². The molecule has 10 heteroatoms. The van der Waals surface area contributed by atoms with Gasteiger partial charge in [-0.1, -0.05) is 50.2 Å². The largest absolute Gasteiger partial charge is 0.496 e. The Hall–Kier alpha value is -3.60. The van der Waals surface area contributed by atoms with E-state index in [2.05, 4.69) is 21.2 Å². The number of amides is 2. The maximum atomic E-state index is 12.2. The van der Waals surface area contributed by atoms with Crippen LogP contribution in [0.15, 0.2) is 71.2 Å². The molecule has 0 radical (unpaired) electrons. The van der Waals surface area contributed by atoms with Crippen LogP contribution in [0.4, 0.5) is 10.5 Å². The highest BCUT2D eigenvalue weighted by Crippen LogP contribution is 2.33. The third-order valence-electron chi connectivity index (χ3n) is 7.57. The molecular formula is C34H41BrN2O7. The van der Waals surface area contributed by atoms with Gasteiger partial charge in [-0.25, -0.2) is 4.79 Å². The van der Waals surface area contributed by atoms with Crippen LogP contribution in [0, 0.1) is 5.92 Å². The van der Waals surface area contributed by atoms with Gasteiger partial charge in [-0.2, -0.15) is 0 Å². The molecule has 44 heavy (non-hydrogen) atoms. The second-order valence-electron chi connectivity index (χ2n) is 11.1. The summed E-state index contributed by atoms with van der Waals surface area (Å²) >= 11 is 3.50. The van der Waals surface area contributed by atoms with Crippen molar-refractivity contribution in [3.8, 4) is 11.5 Å². The van der Waals surface area contributed by atoms with Gasteiger partial charge >= 0.3 is 6.09 Å². The number of benzene rings is 3. The first-order chi connectivity index (χ1) is 21.2. The van der Waals surface area contributed by atoms with Crippen LogP contribution in [-0.2, 0) is 27.5 Å². The van der Waals surface area contributed by atoms with Crippen LogP contribution >= 0.6 is 15.9 Å². The number of rotatable bonds is 14. The van der Waals surface area contributed by atoms with Gasteiger partial charge in [0, 0.05) is 34.8 Å². The van der Waals surface area contributed by atoms with E-state index in [1.807, 2.05) is 80.6 Å². The minimum atomic E-state index is -0.949. The van der Waals surface area contributed by atoms with Gasteiger partial charge in [-0.05, 0) is 63.8 Å². The smallest absolute Gasteiger partial charge is 0.407 e. The average Bonchev–Trinajstić information content (AvgIpc) is 3.03. The standard InChI is InChI=1S/C34H41BrN2O7/c1-23(2)33(38)36-30-19-24(9-14-29(30)35)21-44-32-20-37(34(39)40)16-15-28(32)25-10-12-27(13-11-25)43-18-6-17-42-22-26-7-4-5-8-31(26)41-3/h4-5,7-14,19,23,28,32H,6,15-18,20-22H2,1-3H3,(H,36,38)(H,39,40). The van der Waals surface area contributed by atoms with Crippen molar-refractivity contribution in [2.24, 2.45) is 5.92 Å². The summed E-state index contributed by atoms with van der Waals surface area (Å²) in [5, 5.41) is 12.6. The summed E-state index contributed by atoms with van der Waals surface area (Å²) in [6.07, 6.45) is 0.121. The van der Waals surface area contributed by atoms with Gasteiger partial charge in [0.15, 0.2) is 0 Å². The van der Waals surface area contributed by atoms with Crippen LogP contribution < -0.4 is 14.8 Å². The Morgan fingerprint density at radius 2 is 1.82 bits per heavy atom. The summed E-state index contributed by atoms with van der Waals surface area (Å²) in [6.45, 7) is 6.27. The van der Waals surface area contributed by atoms with Gasteiger partial charge in [0.25, 0.3) is 0 Å². The molecule has 3 aromatic rings. The number of likely N-dealkylation sites (tertiary alicyclic amines) is 1. The van der Waals surface area contributed by atoms with Gasteiger partial charge in [-0.15, -0.1) is 0 Å². The molecule has 4 rings (SSSR count). The molecule has 0 bridgehead atoms. The molecule has 3 aromatic carbocycles. The first-order valence-corrected chi connectivity index (χ1v) is 15.7. The molecule has 2 atom stereocenters. The van der Waals surface area contributed by atoms with E-state index in [-0.39, 0.29) is 37.0 Å². The number of ether oxygens (including phenoxy) is 4. The molecule has 2 N–H and O–H groups in total. The number of methoxy groups -OCH3 is 1. The lowest BCUT2D eigenvalue weighted by molar-refractivity contribution is -0.118. The van der Waals surface area contributed by atoms with Crippen LogP contribution in [0.2, 0.25) is 0 Å². The first-order valence-electron chi connectivity index (χ1n) is 14.9. The lowest BCUT2D eigenvalue weighted by Crippen LogP contribution is -2.46. The maximum absolute atomic E-state index is 12.2. The maximum Gasteiger partial charge on any atom is 0.407 e. The molecule has 0 saturated carbocycles. The van der Waals surface area contributed by atoms with E-state index in [1.165, 1.54) is 4.90 Å². The Labute approximate surface area is 267 Å². The van der Waals surface area contributed by atoms with Crippen molar-refractivity contribution in [3.05, 3.63) is 87.9 Å². The Morgan fingerprint density at radius 3 is 2.55 bits per heavy atom. The average molecular weight is 670 g/mol. The topological polar surface area (TPSA) is 107 Å². The van der Waals surface area contributed by atoms with Crippen molar-refractivity contribution >= 4 is 33.6 Å². The highest BCUT2D eigenvalue weighted by Gasteiger charge is 2.33. The van der Waals surface area contributed by atoms with Crippen molar-refractivity contribution in [3.63, 3.8) is 0 Å². The van der Waals surface area contributed by atoms with Crippen molar-refractivity contribution < 1.29 is 33.6 Å². The van der Waals surface area contributed by atoms with E-state index in [4.69, 9.17) is 18.9 Å². The number of halogens is 1. The van der Waals surface area contributed by atoms with Crippen LogP contribution in [0.3, 0.4) is 0 Å². The van der Waals surface area contributed by atoms with Gasteiger partial charge in [0.2, 0.25) is 5.91 Å². The predicted octanol–water partition coefficient (Wildman–Crippen LogP) is 7.09. The number of carboxylic acid groups (broad SMARTS) is 1. The second-order valence-corrected chi connectivity index (χ2v) is 11.9. The van der Waals surface area contributed by atoms with Crippen molar-refractivity contribution in [2.75, 3.05) is 38.7 Å². The molecule has 2 amide bonds. The third kappa shape index (κ3) is 9.45. The summed E-state index contributed by atoms with van der Waals surface area (Å²) in [7, 11) is 1.65. The van der Waals surface area contributed by atoms with Crippen molar-refractivity contribution in [1.82, 2.24) is 4.90 Å². The van der Waals surface area contributed by atoms with Crippen LogP contribution in [0.1, 0.15) is 49.3 Å². The Balaban J connectivity index is 1.31. The van der Waals surface area contributed by atoms with E-state index in [0.717, 1.165) is 39.1 Å². The number of hydrogen-bond acceptors (Lipinski definition) is 6. The van der Waals surface area contributed by atoms with Crippen LogP contribution in [0.5, 0.6) is 11.5 Å². The molecule has 1 aliphatic heterocycles. The van der Waals surface area contributed by atoms with Crippen molar-refractivity contribution in [2.45, 2.75) is 51.9 Å². The number of anilines is 1. The van der Waals surface area contributed by atoms with E-state index in [1.54, 1.807) is 7.11 Å². The fourth-order valence-corrected chi connectivity index (χ4v) is 5.39. The fourth-order valence-electron chi connectivity index (χ4n) is 5.05. The highest BCUT2D eigenvalue weighted by molar-refractivity contribution is 9.10. The van der Waals surface area contributed by atoms with Crippen LogP contribution in [0.25, 0.3) is 0 Å². The second kappa shape index (κ2) is 16.5. The molecule has 9 nitrogen and oxygen atoms in total. The molecule has 0 aromatic heterocycles. The normalized spacial score (nSPS) is 16.5. The minimum absolute atomic E-state index is 0.0265. The lowest BCUT2D eigenvalue weighted by Gasteiger charge is -2.37. The zero-order chi connectivity index (χ0) is 31.5. The summed E-state index contributed by atoms with van der Waals surface area (Å²) in [4.78, 5) is 25.4. The Bertz CT molecular complexity index is 1380. The van der Waals surface area contributed by atoms with Gasteiger partial charge < -0.3 is 34.3 Å².